The third-order valence-electron chi connectivity index (χ3n) is 2.53. The molecular formula is C12H12Cl2N4O. The number of nitrogens with one attached hydrogen (secondary N) is 1. The molecule has 0 aliphatic rings. The molecule has 0 aliphatic heterocycles. The molecule has 0 atom stereocenters. The second-order valence-corrected chi connectivity index (χ2v) is 4.76. The lowest BCUT2D eigenvalue weighted by Gasteiger charge is -2.07. The van der Waals surface area contributed by atoms with E-state index in [0.717, 1.165) is 5.56 Å². The van der Waals surface area contributed by atoms with Gasteiger partial charge in [0.25, 0.3) is 0 Å². The lowest BCUT2D eigenvalue weighted by atomic mass is 10.2. The van der Waals surface area contributed by atoms with Gasteiger partial charge in [0.15, 0.2) is 0 Å². The molecular weight excluding hydrogens is 287 g/mol. The minimum atomic E-state index is -0.0680. The average Bonchev–Trinajstić information content (AvgIpc) is 2.88. The molecule has 0 unspecified atom stereocenters. The van der Waals surface area contributed by atoms with Crippen molar-refractivity contribution in [2.75, 3.05) is 0 Å². The molecule has 19 heavy (non-hydrogen) atoms. The Kier molecular flexibility index (Phi) is 4.76. The first-order chi connectivity index (χ1) is 9.15. The summed E-state index contributed by atoms with van der Waals surface area (Å²) in [6.45, 7) is 0.881. The van der Waals surface area contributed by atoms with Crippen molar-refractivity contribution in [2.24, 2.45) is 0 Å². The summed E-state index contributed by atoms with van der Waals surface area (Å²) in [5, 5.41) is 7.83. The first kappa shape index (κ1) is 13.8. The van der Waals surface area contributed by atoms with E-state index in [-0.39, 0.29) is 5.91 Å². The first-order valence-corrected chi connectivity index (χ1v) is 6.44. The molecule has 0 bridgehead atoms. The van der Waals surface area contributed by atoms with Gasteiger partial charge < -0.3 is 5.32 Å². The zero-order chi connectivity index (χ0) is 13.7. The van der Waals surface area contributed by atoms with Crippen molar-refractivity contribution in [1.29, 1.82) is 0 Å². The van der Waals surface area contributed by atoms with Crippen LogP contribution < -0.4 is 5.32 Å². The van der Waals surface area contributed by atoms with E-state index in [1.165, 1.54) is 6.33 Å². The van der Waals surface area contributed by atoms with Crippen LogP contribution in [0.3, 0.4) is 0 Å². The summed E-state index contributed by atoms with van der Waals surface area (Å²) < 4.78 is 1.61. The predicted molar refractivity (Wildman–Crippen MR) is 72.9 cm³/mol. The fourth-order valence-corrected chi connectivity index (χ4v) is 1.99. The molecule has 0 radical (unpaired) electrons. The summed E-state index contributed by atoms with van der Waals surface area (Å²) in [6.07, 6.45) is 3.35. The number of rotatable bonds is 5. The van der Waals surface area contributed by atoms with Gasteiger partial charge in [0.05, 0.1) is 6.54 Å². The second-order valence-electron chi connectivity index (χ2n) is 3.92. The lowest BCUT2D eigenvalue weighted by Crippen LogP contribution is -2.24. The Morgan fingerprint density at radius 3 is 2.89 bits per heavy atom. The molecule has 1 amide bonds. The molecule has 1 aromatic carbocycles. The third-order valence-corrected chi connectivity index (χ3v) is 3.11. The number of nitrogens with zero attached hydrogens (tertiary/aromatic N) is 3. The highest BCUT2D eigenvalue weighted by Gasteiger charge is 2.05. The highest BCUT2D eigenvalue weighted by Crippen LogP contribution is 2.20. The van der Waals surface area contributed by atoms with Crippen LogP contribution in [0.25, 0.3) is 0 Å². The van der Waals surface area contributed by atoms with E-state index >= 15 is 0 Å². The lowest BCUT2D eigenvalue weighted by molar-refractivity contribution is -0.121. The fraction of sp³-hybridized carbons (Fsp3) is 0.250. The standard InChI is InChI=1S/C12H12Cl2N4O/c13-10-2-1-9(11(14)5-10)6-16-12(19)3-4-18-8-15-7-17-18/h1-2,5,7-8H,3-4,6H2,(H,16,19). The molecule has 7 heteroatoms. The van der Waals surface area contributed by atoms with Gasteiger partial charge in [0.1, 0.15) is 12.7 Å². The van der Waals surface area contributed by atoms with Crippen molar-refractivity contribution in [3.8, 4) is 0 Å². The van der Waals surface area contributed by atoms with Crippen LogP contribution >= 0.6 is 23.2 Å². The van der Waals surface area contributed by atoms with Crippen molar-refractivity contribution in [3.63, 3.8) is 0 Å². The van der Waals surface area contributed by atoms with E-state index in [4.69, 9.17) is 23.2 Å². The maximum absolute atomic E-state index is 11.6. The molecule has 100 valence electrons. The van der Waals surface area contributed by atoms with Crippen molar-refractivity contribution >= 4 is 29.1 Å². The maximum Gasteiger partial charge on any atom is 0.222 e. The summed E-state index contributed by atoms with van der Waals surface area (Å²) in [6, 6.07) is 5.19. The van der Waals surface area contributed by atoms with Gasteiger partial charge in [-0.15, -0.1) is 0 Å². The average molecular weight is 299 g/mol. The predicted octanol–water partition coefficient (Wildman–Crippen LogP) is 2.29. The Bertz CT molecular complexity index is 557. The number of aromatic nitrogens is 3. The largest absolute Gasteiger partial charge is 0.352 e. The molecule has 2 aromatic rings. The van der Waals surface area contributed by atoms with Gasteiger partial charge in [-0.25, -0.2) is 4.98 Å². The van der Waals surface area contributed by atoms with E-state index in [2.05, 4.69) is 15.4 Å². The van der Waals surface area contributed by atoms with Gasteiger partial charge in [-0.05, 0) is 17.7 Å². The number of halogens is 2. The van der Waals surface area contributed by atoms with Gasteiger partial charge in [0.2, 0.25) is 5.91 Å². The highest BCUT2D eigenvalue weighted by atomic mass is 35.5. The molecule has 1 aromatic heterocycles. The van der Waals surface area contributed by atoms with Crippen LogP contribution in [-0.4, -0.2) is 20.7 Å². The number of amides is 1. The normalized spacial score (nSPS) is 10.4. The molecule has 2 rings (SSSR count). The van der Waals surface area contributed by atoms with Gasteiger partial charge in [-0.1, -0.05) is 29.3 Å². The van der Waals surface area contributed by atoms with Gasteiger partial charge in [0, 0.05) is 23.0 Å². The Balaban J connectivity index is 1.80. The van der Waals surface area contributed by atoms with E-state index in [9.17, 15) is 4.79 Å². The SMILES string of the molecule is O=C(CCn1cncn1)NCc1ccc(Cl)cc1Cl. The zero-order valence-corrected chi connectivity index (χ0v) is 11.5. The highest BCUT2D eigenvalue weighted by molar-refractivity contribution is 6.35. The molecule has 1 N–H and O–H groups in total. The van der Waals surface area contributed by atoms with Crippen LogP contribution in [0.2, 0.25) is 10.0 Å². The quantitative estimate of drug-likeness (QED) is 0.921. The van der Waals surface area contributed by atoms with E-state index in [0.29, 0.717) is 29.6 Å². The Morgan fingerprint density at radius 1 is 1.37 bits per heavy atom. The van der Waals surface area contributed by atoms with Crippen LogP contribution in [0.4, 0.5) is 0 Å². The van der Waals surface area contributed by atoms with E-state index < -0.39 is 0 Å². The van der Waals surface area contributed by atoms with Gasteiger partial charge in [-0.2, -0.15) is 5.10 Å². The molecule has 0 spiro atoms. The maximum atomic E-state index is 11.6. The summed E-state index contributed by atoms with van der Waals surface area (Å²) in [7, 11) is 0. The Morgan fingerprint density at radius 2 is 2.21 bits per heavy atom. The zero-order valence-electron chi connectivity index (χ0n) is 10.0. The minimum Gasteiger partial charge on any atom is -0.352 e. The van der Waals surface area contributed by atoms with Crippen molar-refractivity contribution in [3.05, 3.63) is 46.5 Å². The number of aryl methyl sites for hydroxylation is 1. The van der Waals surface area contributed by atoms with Crippen LogP contribution in [-0.2, 0) is 17.9 Å². The fourth-order valence-electron chi connectivity index (χ4n) is 1.51. The summed E-state index contributed by atoms with van der Waals surface area (Å²) in [4.78, 5) is 15.5. The third kappa shape index (κ3) is 4.22. The molecule has 0 aliphatic carbocycles. The summed E-state index contributed by atoms with van der Waals surface area (Å²) in [5.41, 5.74) is 0.833. The Labute approximate surface area is 120 Å². The van der Waals surface area contributed by atoms with Gasteiger partial charge in [-0.3, -0.25) is 9.48 Å². The van der Waals surface area contributed by atoms with Crippen LogP contribution in [0.1, 0.15) is 12.0 Å². The minimum absolute atomic E-state index is 0.0680. The monoisotopic (exact) mass is 298 g/mol. The van der Waals surface area contributed by atoms with Crippen molar-refractivity contribution in [2.45, 2.75) is 19.5 Å². The molecule has 0 saturated carbocycles. The van der Waals surface area contributed by atoms with Crippen LogP contribution in [0, 0.1) is 0 Å². The molecule has 1 heterocycles. The molecule has 0 saturated heterocycles. The Hall–Kier alpha value is -1.59. The summed E-state index contributed by atoms with van der Waals surface area (Å²) >= 11 is 11.8. The number of hydrogen-bond donors (Lipinski definition) is 1. The number of carbonyl (C=O) groups is 1. The number of benzene rings is 1. The van der Waals surface area contributed by atoms with E-state index in [1.54, 1.807) is 29.2 Å². The second kappa shape index (κ2) is 6.54. The topological polar surface area (TPSA) is 59.8 Å². The summed E-state index contributed by atoms with van der Waals surface area (Å²) in [5.74, 6) is -0.0680. The molecule has 0 fully saturated rings. The van der Waals surface area contributed by atoms with Crippen LogP contribution in [0.5, 0.6) is 0 Å². The van der Waals surface area contributed by atoms with Crippen molar-refractivity contribution in [1.82, 2.24) is 20.1 Å². The number of hydrogen-bond acceptors (Lipinski definition) is 3. The van der Waals surface area contributed by atoms with Crippen molar-refractivity contribution < 1.29 is 4.79 Å². The van der Waals surface area contributed by atoms with Crippen LogP contribution in [0.15, 0.2) is 30.9 Å². The smallest absolute Gasteiger partial charge is 0.222 e. The molecule has 5 nitrogen and oxygen atoms in total. The number of carbonyl (C=O) groups excluding carboxylic acids is 1. The van der Waals surface area contributed by atoms with Gasteiger partial charge >= 0.3 is 0 Å². The first-order valence-electron chi connectivity index (χ1n) is 5.68. The van der Waals surface area contributed by atoms with E-state index in [1.807, 2.05) is 0 Å².